The number of hydrogen-bond acceptors (Lipinski definition) is 3. The number of alkyl halides is 4. The van der Waals surface area contributed by atoms with Crippen molar-refractivity contribution in [2.24, 2.45) is 0 Å². The van der Waals surface area contributed by atoms with E-state index in [9.17, 15) is 22.4 Å². The molecule has 1 unspecified atom stereocenters. The number of carbonyl (C=O) groups excluding carboxylic acids is 1. The summed E-state index contributed by atoms with van der Waals surface area (Å²) in [7, 11) is 0. The van der Waals surface area contributed by atoms with E-state index in [-0.39, 0.29) is 12.8 Å². The summed E-state index contributed by atoms with van der Waals surface area (Å²) < 4.78 is 52.4. The molecule has 0 amide bonds. The van der Waals surface area contributed by atoms with E-state index in [1.165, 1.54) is 0 Å². The van der Waals surface area contributed by atoms with Gasteiger partial charge in [-0.2, -0.15) is 0 Å². The number of rotatable bonds is 7. The van der Waals surface area contributed by atoms with E-state index >= 15 is 0 Å². The summed E-state index contributed by atoms with van der Waals surface area (Å²) in [5, 5.41) is 8.96. The summed E-state index contributed by atoms with van der Waals surface area (Å²) in [6.07, 6.45) is -6.32. The van der Waals surface area contributed by atoms with E-state index in [0.29, 0.717) is 0 Å². The topological polar surface area (TPSA) is 46.5 Å². The molecule has 7 heteroatoms. The minimum Gasteiger partial charge on any atom is -0.433 e. The van der Waals surface area contributed by atoms with Gasteiger partial charge in [-0.15, -0.1) is 0 Å². The monoisotopic (exact) mass is 244 g/mol. The molecule has 3 nitrogen and oxygen atoms in total. The van der Waals surface area contributed by atoms with Crippen LogP contribution in [-0.2, 0) is 9.53 Å². The second kappa shape index (κ2) is 6.47. The Kier molecular flexibility index (Phi) is 6.02. The van der Waals surface area contributed by atoms with Crippen molar-refractivity contribution in [2.75, 3.05) is 0 Å². The normalized spacial score (nSPS) is 13.6. The maximum Gasteiger partial charge on any atom is 0.332 e. The van der Waals surface area contributed by atoms with Gasteiger partial charge in [0.25, 0.3) is 0 Å². The summed E-state index contributed by atoms with van der Waals surface area (Å²) in [5.41, 5.74) is 0. The Morgan fingerprint density at radius 1 is 1.50 bits per heavy atom. The van der Waals surface area contributed by atoms with Crippen LogP contribution in [0.4, 0.5) is 17.6 Å². The largest absolute Gasteiger partial charge is 0.433 e. The molecule has 94 valence electrons. The van der Waals surface area contributed by atoms with Crippen molar-refractivity contribution in [3.63, 3.8) is 0 Å². The third kappa shape index (κ3) is 5.69. The van der Waals surface area contributed by atoms with Gasteiger partial charge in [0.1, 0.15) is 0 Å². The van der Waals surface area contributed by atoms with Crippen LogP contribution in [0.15, 0.2) is 12.7 Å². The van der Waals surface area contributed by atoms with Crippen LogP contribution in [0, 0.1) is 0 Å². The number of hydrogen-bond donors (Lipinski definition) is 1. The molecule has 0 bridgehead atoms. The first-order chi connectivity index (χ1) is 7.29. The highest BCUT2D eigenvalue weighted by Gasteiger charge is 2.39. The van der Waals surface area contributed by atoms with Crippen LogP contribution >= 0.6 is 0 Å². The molecule has 0 spiro atoms. The van der Waals surface area contributed by atoms with Crippen molar-refractivity contribution >= 4 is 5.97 Å². The molecule has 0 saturated heterocycles. The minimum absolute atomic E-state index is 0.331. The Bertz CT molecular complexity index is 243. The molecule has 0 aromatic rings. The zero-order valence-corrected chi connectivity index (χ0v) is 8.34. The van der Waals surface area contributed by atoms with Crippen LogP contribution in [0.3, 0.4) is 0 Å². The Hall–Kier alpha value is -1.11. The Labute approximate surface area is 89.7 Å². The molecule has 16 heavy (non-hydrogen) atoms. The number of aliphatic hydroxyl groups excluding tert-OH is 1. The lowest BCUT2D eigenvalue weighted by atomic mass is 10.1. The van der Waals surface area contributed by atoms with Crippen LogP contribution in [0.1, 0.15) is 19.3 Å². The summed E-state index contributed by atoms with van der Waals surface area (Å²) in [5.74, 6) is -4.99. The molecule has 0 aliphatic heterocycles. The Balaban J connectivity index is 3.81. The fraction of sp³-hybridized carbons (Fsp3) is 0.667. The lowest BCUT2D eigenvalue weighted by Crippen LogP contribution is -2.27. The lowest BCUT2D eigenvalue weighted by Gasteiger charge is -2.16. The average molecular weight is 244 g/mol. The van der Waals surface area contributed by atoms with Crippen molar-refractivity contribution in [3.8, 4) is 0 Å². The molecule has 0 saturated carbocycles. The van der Waals surface area contributed by atoms with Gasteiger partial charge in [-0.3, -0.25) is 0 Å². The van der Waals surface area contributed by atoms with Gasteiger partial charge in [0, 0.05) is 18.9 Å². The summed E-state index contributed by atoms with van der Waals surface area (Å²) in [6.45, 7) is 3.05. The smallest absolute Gasteiger partial charge is 0.332 e. The number of esters is 1. The summed E-state index contributed by atoms with van der Waals surface area (Å²) in [6, 6.07) is 0. The van der Waals surface area contributed by atoms with Gasteiger partial charge in [-0.1, -0.05) is 6.58 Å². The zero-order valence-electron chi connectivity index (χ0n) is 8.34. The second-order valence-electron chi connectivity index (χ2n) is 3.05. The van der Waals surface area contributed by atoms with Gasteiger partial charge in [0.05, 0.1) is 0 Å². The lowest BCUT2D eigenvalue weighted by molar-refractivity contribution is -0.164. The van der Waals surface area contributed by atoms with Crippen molar-refractivity contribution in [1.82, 2.24) is 0 Å². The molecule has 0 aromatic carbocycles. The molecule has 0 radical (unpaired) electrons. The first-order valence-electron chi connectivity index (χ1n) is 4.46. The predicted octanol–water partition coefficient (Wildman–Crippen LogP) is 2.10. The Morgan fingerprint density at radius 3 is 2.50 bits per heavy atom. The molecule has 1 atom stereocenters. The van der Waals surface area contributed by atoms with Crippen molar-refractivity contribution < 1.29 is 32.2 Å². The highest BCUT2D eigenvalue weighted by atomic mass is 19.3. The molecular formula is C9H12F4O3. The second-order valence-corrected chi connectivity index (χ2v) is 3.05. The van der Waals surface area contributed by atoms with Crippen molar-refractivity contribution in [1.29, 1.82) is 0 Å². The van der Waals surface area contributed by atoms with Gasteiger partial charge in [0.15, 0.2) is 0 Å². The molecule has 0 rings (SSSR count). The summed E-state index contributed by atoms with van der Waals surface area (Å²) in [4.78, 5) is 10.5. The number of carbonyl (C=O) groups is 1. The highest BCUT2D eigenvalue weighted by Crippen LogP contribution is 2.28. The first-order valence-corrected chi connectivity index (χ1v) is 4.46. The van der Waals surface area contributed by atoms with Gasteiger partial charge in [0.2, 0.25) is 6.29 Å². The van der Waals surface area contributed by atoms with Crippen LogP contribution in [0.25, 0.3) is 0 Å². The number of ether oxygens (including phenoxy) is 1. The molecule has 0 aliphatic rings. The first kappa shape index (κ1) is 14.9. The van der Waals surface area contributed by atoms with Crippen LogP contribution in [0.5, 0.6) is 0 Å². The van der Waals surface area contributed by atoms with E-state index in [4.69, 9.17) is 5.11 Å². The SMILES string of the molecule is C=CC(=O)OC(O)CCCC(F)(F)C(F)F. The van der Waals surface area contributed by atoms with Crippen molar-refractivity contribution in [2.45, 2.75) is 37.9 Å². The number of aliphatic hydroxyl groups is 1. The van der Waals surface area contributed by atoms with Gasteiger partial charge in [-0.05, 0) is 6.42 Å². The quantitative estimate of drug-likeness (QED) is 0.323. The zero-order chi connectivity index (χ0) is 12.8. The maximum absolute atomic E-state index is 12.4. The molecule has 1 N–H and O–H groups in total. The van der Waals surface area contributed by atoms with Crippen LogP contribution in [-0.4, -0.2) is 29.7 Å². The fourth-order valence-corrected chi connectivity index (χ4v) is 0.863. The van der Waals surface area contributed by atoms with E-state index in [0.717, 1.165) is 6.08 Å². The van der Waals surface area contributed by atoms with Crippen LogP contribution in [0.2, 0.25) is 0 Å². The van der Waals surface area contributed by atoms with Gasteiger partial charge >= 0.3 is 18.3 Å². The average Bonchev–Trinajstić information content (AvgIpc) is 2.16. The maximum atomic E-state index is 12.4. The Morgan fingerprint density at radius 2 is 2.06 bits per heavy atom. The minimum atomic E-state index is -4.08. The van der Waals surface area contributed by atoms with Gasteiger partial charge < -0.3 is 9.84 Å². The molecular weight excluding hydrogens is 232 g/mol. The highest BCUT2D eigenvalue weighted by molar-refractivity contribution is 5.81. The molecule has 0 heterocycles. The van der Waals surface area contributed by atoms with Gasteiger partial charge in [-0.25, -0.2) is 22.4 Å². The van der Waals surface area contributed by atoms with E-state index in [2.05, 4.69) is 11.3 Å². The number of halogens is 4. The van der Waals surface area contributed by atoms with E-state index in [1.54, 1.807) is 0 Å². The van der Waals surface area contributed by atoms with E-state index in [1.807, 2.05) is 0 Å². The third-order valence-corrected chi connectivity index (χ3v) is 1.70. The standard InChI is InChI=1S/C9H12F4O3/c1-2-6(14)16-7(15)4-3-5-9(12,13)8(10)11/h2,7-8,15H,1,3-5H2. The van der Waals surface area contributed by atoms with Crippen molar-refractivity contribution in [3.05, 3.63) is 12.7 Å². The van der Waals surface area contributed by atoms with Crippen LogP contribution < -0.4 is 0 Å². The predicted molar refractivity (Wildman–Crippen MR) is 47.1 cm³/mol. The van der Waals surface area contributed by atoms with E-state index < -0.39 is 31.0 Å². The fourth-order valence-electron chi connectivity index (χ4n) is 0.863. The third-order valence-electron chi connectivity index (χ3n) is 1.70. The molecule has 0 aliphatic carbocycles. The molecule has 0 fully saturated rings. The summed E-state index contributed by atoms with van der Waals surface area (Å²) >= 11 is 0. The molecule has 0 aromatic heterocycles.